The summed E-state index contributed by atoms with van der Waals surface area (Å²) >= 11 is 0. The second-order valence-electron chi connectivity index (χ2n) is 4.59. The molecule has 1 rings (SSSR count). The van der Waals surface area contributed by atoms with Gasteiger partial charge in [0.1, 0.15) is 5.82 Å². The van der Waals surface area contributed by atoms with Gasteiger partial charge in [-0.3, -0.25) is 0 Å². The molecule has 0 aliphatic heterocycles. The molecule has 0 unspecified atom stereocenters. The summed E-state index contributed by atoms with van der Waals surface area (Å²) in [7, 11) is 0.278. The van der Waals surface area contributed by atoms with Gasteiger partial charge in [0.05, 0.1) is 12.3 Å². The number of imidazole rings is 1. The van der Waals surface area contributed by atoms with Crippen LogP contribution in [0.5, 0.6) is 0 Å². The van der Waals surface area contributed by atoms with Crippen molar-refractivity contribution in [2.45, 2.75) is 26.3 Å². The van der Waals surface area contributed by atoms with Crippen molar-refractivity contribution in [2.75, 3.05) is 25.9 Å². The van der Waals surface area contributed by atoms with Gasteiger partial charge in [-0.1, -0.05) is 6.92 Å². The van der Waals surface area contributed by atoms with E-state index < -0.39 is 10.0 Å². The molecular weight excluding hydrogens is 264 g/mol. The first-order chi connectivity index (χ1) is 8.97. The Morgan fingerprint density at radius 1 is 1.42 bits per heavy atom. The van der Waals surface area contributed by atoms with Crippen LogP contribution in [0.3, 0.4) is 0 Å². The summed E-state index contributed by atoms with van der Waals surface area (Å²) in [6, 6.07) is 0. The topological polar surface area (TPSA) is 67.2 Å². The van der Waals surface area contributed by atoms with Crippen LogP contribution in [-0.2, 0) is 23.6 Å². The Bertz CT molecular complexity index is 470. The molecule has 0 saturated heterocycles. The van der Waals surface area contributed by atoms with E-state index in [4.69, 9.17) is 0 Å². The Balaban J connectivity index is 2.41. The maximum absolute atomic E-state index is 12.1. The molecule has 0 aliphatic rings. The highest BCUT2D eigenvalue weighted by Gasteiger charge is 2.18. The normalized spacial score (nSPS) is 12.2. The highest BCUT2D eigenvalue weighted by atomic mass is 32.2. The van der Waals surface area contributed by atoms with Crippen LogP contribution in [0, 0.1) is 0 Å². The molecule has 0 fully saturated rings. The lowest BCUT2D eigenvalue weighted by Crippen LogP contribution is -2.30. The number of rotatable bonds is 9. The Hall–Kier alpha value is -0.920. The van der Waals surface area contributed by atoms with E-state index in [1.807, 2.05) is 24.7 Å². The van der Waals surface area contributed by atoms with Crippen LogP contribution in [0.25, 0.3) is 0 Å². The molecule has 6 nitrogen and oxygen atoms in total. The average molecular weight is 288 g/mol. The van der Waals surface area contributed by atoms with E-state index in [1.165, 1.54) is 4.31 Å². The number of hydrogen-bond donors (Lipinski definition) is 1. The maximum Gasteiger partial charge on any atom is 0.214 e. The Morgan fingerprint density at radius 2 is 2.16 bits per heavy atom. The highest BCUT2D eigenvalue weighted by molar-refractivity contribution is 7.89. The summed E-state index contributed by atoms with van der Waals surface area (Å²) in [6.45, 7) is 4.15. The van der Waals surface area contributed by atoms with E-state index in [9.17, 15) is 8.42 Å². The van der Waals surface area contributed by atoms with Crippen molar-refractivity contribution < 1.29 is 8.42 Å². The minimum atomic E-state index is -3.19. The average Bonchev–Trinajstić information content (AvgIpc) is 2.74. The molecule has 1 aromatic rings. The third-order valence-corrected chi connectivity index (χ3v) is 4.90. The summed E-state index contributed by atoms with van der Waals surface area (Å²) in [6.07, 6.45) is 5.04. The van der Waals surface area contributed by atoms with Crippen molar-refractivity contribution >= 4 is 10.0 Å². The summed E-state index contributed by atoms with van der Waals surface area (Å²) in [5, 5.41) is 3.19. The number of aromatic nitrogens is 2. The van der Waals surface area contributed by atoms with Gasteiger partial charge in [-0.25, -0.2) is 13.4 Å². The molecule has 1 aromatic heterocycles. The van der Waals surface area contributed by atoms with Crippen molar-refractivity contribution in [3.8, 4) is 0 Å². The molecule has 0 radical (unpaired) electrons. The van der Waals surface area contributed by atoms with Gasteiger partial charge in [-0.2, -0.15) is 4.31 Å². The second kappa shape index (κ2) is 7.62. The van der Waals surface area contributed by atoms with Crippen LogP contribution in [0.1, 0.15) is 25.6 Å². The fraction of sp³-hybridized carbons (Fsp3) is 0.750. The van der Waals surface area contributed by atoms with Crippen molar-refractivity contribution in [1.29, 1.82) is 0 Å². The van der Waals surface area contributed by atoms with Gasteiger partial charge < -0.3 is 9.88 Å². The molecule has 0 aromatic carbocycles. The van der Waals surface area contributed by atoms with Gasteiger partial charge in [0.2, 0.25) is 10.0 Å². The number of unbranched alkanes of at least 4 members (excludes halogenated alkanes) is 1. The minimum absolute atomic E-state index is 0.194. The van der Waals surface area contributed by atoms with E-state index in [-0.39, 0.29) is 5.75 Å². The van der Waals surface area contributed by atoms with E-state index >= 15 is 0 Å². The summed E-state index contributed by atoms with van der Waals surface area (Å²) in [4.78, 5) is 4.14. The lowest BCUT2D eigenvalue weighted by Gasteiger charge is -2.16. The van der Waals surface area contributed by atoms with Gasteiger partial charge in [0, 0.05) is 26.5 Å². The van der Waals surface area contributed by atoms with E-state index in [1.54, 1.807) is 13.2 Å². The molecule has 7 heteroatoms. The zero-order valence-electron chi connectivity index (χ0n) is 12.0. The van der Waals surface area contributed by atoms with E-state index in [0.717, 1.165) is 25.3 Å². The molecule has 0 amide bonds. The van der Waals surface area contributed by atoms with Gasteiger partial charge >= 0.3 is 0 Å². The van der Waals surface area contributed by atoms with Crippen molar-refractivity contribution in [3.63, 3.8) is 0 Å². The zero-order chi connectivity index (χ0) is 14.3. The van der Waals surface area contributed by atoms with Crippen LogP contribution >= 0.6 is 0 Å². The predicted octanol–water partition coefficient (Wildman–Crippen LogP) is 0.571. The summed E-state index contributed by atoms with van der Waals surface area (Å²) in [5.74, 6) is 0.943. The number of nitrogens with one attached hydrogen (secondary N) is 1. The molecular formula is C12H24N4O2S. The Morgan fingerprint density at radius 3 is 2.74 bits per heavy atom. The smallest absolute Gasteiger partial charge is 0.214 e. The van der Waals surface area contributed by atoms with Crippen LogP contribution < -0.4 is 5.32 Å². The second-order valence-corrected chi connectivity index (χ2v) is 6.78. The zero-order valence-corrected chi connectivity index (χ0v) is 12.8. The highest BCUT2D eigenvalue weighted by Crippen LogP contribution is 2.07. The largest absolute Gasteiger partial charge is 0.337 e. The SMILES string of the molecule is CCNCCCCS(=O)(=O)N(C)Cc1nccn1C. The van der Waals surface area contributed by atoms with Gasteiger partial charge in [0.25, 0.3) is 0 Å². The molecule has 0 saturated carbocycles. The standard InChI is InChI=1S/C12H24N4O2S/c1-4-13-7-5-6-10-19(17,18)16(3)11-12-14-8-9-15(12)2/h8-9,13H,4-7,10-11H2,1-3H3. The lowest BCUT2D eigenvalue weighted by molar-refractivity contribution is 0.449. The van der Waals surface area contributed by atoms with Crippen LogP contribution in [0.15, 0.2) is 12.4 Å². The molecule has 110 valence electrons. The minimum Gasteiger partial charge on any atom is -0.337 e. The van der Waals surface area contributed by atoms with Gasteiger partial charge in [0.15, 0.2) is 0 Å². The molecule has 0 spiro atoms. The third kappa shape index (κ3) is 5.30. The molecule has 0 bridgehead atoms. The third-order valence-electron chi connectivity index (χ3n) is 3.02. The predicted molar refractivity (Wildman–Crippen MR) is 76.2 cm³/mol. The fourth-order valence-electron chi connectivity index (χ4n) is 1.71. The molecule has 19 heavy (non-hydrogen) atoms. The van der Waals surface area contributed by atoms with Crippen molar-refractivity contribution in [1.82, 2.24) is 19.2 Å². The monoisotopic (exact) mass is 288 g/mol. The quantitative estimate of drug-likeness (QED) is 0.675. The molecule has 1 N–H and O–H groups in total. The van der Waals surface area contributed by atoms with Crippen molar-refractivity contribution in [2.24, 2.45) is 7.05 Å². The number of hydrogen-bond acceptors (Lipinski definition) is 4. The number of sulfonamides is 1. The van der Waals surface area contributed by atoms with Gasteiger partial charge in [-0.05, 0) is 25.9 Å². The number of aryl methyl sites for hydroxylation is 1. The van der Waals surface area contributed by atoms with Crippen LogP contribution in [0.4, 0.5) is 0 Å². The summed E-state index contributed by atoms with van der Waals surface area (Å²) < 4.78 is 27.3. The van der Waals surface area contributed by atoms with Crippen molar-refractivity contribution in [3.05, 3.63) is 18.2 Å². The molecule has 0 atom stereocenters. The lowest BCUT2D eigenvalue weighted by atomic mass is 10.3. The first-order valence-electron chi connectivity index (χ1n) is 6.58. The van der Waals surface area contributed by atoms with E-state index in [2.05, 4.69) is 10.3 Å². The first-order valence-corrected chi connectivity index (χ1v) is 8.19. The summed E-state index contributed by atoms with van der Waals surface area (Å²) in [5.41, 5.74) is 0. The van der Waals surface area contributed by atoms with E-state index in [0.29, 0.717) is 13.0 Å². The maximum atomic E-state index is 12.1. The fourth-order valence-corrected chi connectivity index (χ4v) is 2.91. The van der Waals surface area contributed by atoms with Crippen LogP contribution in [0.2, 0.25) is 0 Å². The first kappa shape index (κ1) is 16.1. The van der Waals surface area contributed by atoms with Crippen LogP contribution in [-0.4, -0.2) is 48.2 Å². The molecule has 1 heterocycles. The Kier molecular flexibility index (Phi) is 6.47. The number of nitrogens with zero attached hydrogens (tertiary/aromatic N) is 3. The van der Waals surface area contributed by atoms with Gasteiger partial charge in [-0.15, -0.1) is 0 Å². The Labute approximate surface area is 115 Å². The molecule has 0 aliphatic carbocycles.